The number of rotatable bonds is 5. The van der Waals surface area contributed by atoms with Gasteiger partial charge in [0.1, 0.15) is 6.04 Å². The molecule has 0 heterocycles. The Morgan fingerprint density at radius 1 is 0.963 bits per heavy atom. The second kappa shape index (κ2) is 6.96. The lowest BCUT2D eigenvalue weighted by Crippen LogP contribution is -2.48. The summed E-state index contributed by atoms with van der Waals surface area (Å²) in [6.45, 7) is 5.33. The molecule has 4 aliphatic carbocycles. The molecule has 1 atom stereocenters. The molecular weight excluding hydrogens is 336 g/mol. The number of hydrogen-bond donors (Lipinski definition) is 2. The average molecular weight is 369 g/mol. The molecule has 1 unspecified atom stereocenters. The normalized spacial score (nSPS) is 32.4. The zero-order chi connectivity index (χ0) is 19.2. The Bertz CT molecular complexity index is 687. The molecule has 0 radical (unpaired) electrons. The Balaban J connectivity index is 1.46. The second-order valence-corrected chi connectivity index (χ2v) is 9.69. The highest BCUT2D eigenvalue weighted by molar-refractivity contribution is 5.97. The number of hydrogen-bond acceptors (Lipinski definition) is 2. The lowest BCUT2D eigenvalue weighted by molar-refractivity contribution is -0.126. The lowest BCUT2D eigenvalue weighted by atomic mass is 9.48. The number of carbonyl (C=O) groups excluding carboxylic acids is 2. The van der Waals surface area contributed by atoms with Gasteiger partial charge in [0.05, 0.1) is 0 Å². The summed E-state index contributed by atoms with van der Waals surface area (Å²) in [5, 5.41) is 5.72. The number of carbonyl (C=O) groups is 2. The third-order valence-corrected chi connectivity index (χ3v) is 7.11. The van der Waals surface area contributed by atoms with E-state index >= 15 is 0 Å². The maximum absolute atomic E-state index is 12.6. The van der Waals surface area contributed by atoms with Crippen LogP contribution in [0, 0.1) is 23.7 Å². The van der Waals surface area contributed by atoms with Gasteiger partial charge in [-0.3, -0.25) is 9.59 Å². The molecule has 27 heavy (non-hydrogen) atoms. The molecule has 5 rings (SSSR count). The highest BCUT2D eigenvalue weighted by Crippen LogP contribution is 2.60. The van der Waals surface area contributed by atoms with Gasteiger partial charge in [-0.1, -0.05) is 26.0 Å². The molecular formula is C23H32N2O2. The molecule has 4 fully saturated rings. The minimum absolute atomic E-state index is 0.0419. The molecule has 0 aliphatic heterocycles. The molecule has 2 N–H and O–H groups in total. The fraction of sp³-hybridized carbons (Fsp3) is 0.652. The van der Waals surface area contributed by atoms with Crippen molar-refractivity contribution in [3.8, 4) is 0 Å². The van der Waals surface area contributed by atoms with Gasteiger partial charge in [0.2, 0.25) is 11.8 Å². The van der Waals surface area contributed by atoms with Crippen LogP contribution < -0.4 is 10.6 Å². The van der Waals surface area contributed by atoms with E-state index in [0.717, 1.165) is 23.4 Å². The summed E-state index contributed by atoms with van der Waals surface area (Å²) in [5.41, 5.74) is 2.65. The van der Waals surface area contributed by atoms with Crippen LogP contribution in [0.5, 0.6) is 0 Å². The minimum Gasteiger partial charge on any atom is -0.344 e. The molecule has 4 aliphatic rings. The Kier molecular flexibility index (Phi) is 4.77. The van der Waals surface area contributed by atoms with E-state index in [1.54, 1.807) is 0 Å². The molecule has 4 nitrogen and oxygen atoms in total. The van der Waals surface area contributed by atoms with Crippen LogP contribution in [0.4, 0.5) is 5.69 Å². The van der Waals surface area contributed by atoms with Gasteiger partial charge < -0.3 is 10.6 Å². The van der Waals surface area contributed by atoms with Crippen LogP contribution in [-0.4, -0.2) is 17.9 Å². The summed E-state index contributed by atoms with van der Waals surface area (Å²) in [6.07, 6.45) is 8.40. The Hall–Kier alpha value is -1.84. The van der Waals surface area contributed by atoms with E-state index in [1.807, 2.05) is 26.0 Å². The first kappa shape index (κ1) is 18.5. The number of amides is 2. The van der Waals surface area contributed by atoms with E-state index in [4.69, 9.17) is 0 Å². The van der Waals surface area contributed by atoms with E-state index in [0.29, 0.717) is 5.41 Å². The number of nitrogens with one attached hydrogen (secondary N) is 2. The van der Waals surface area contributed by atoms with Gasteiger partial charge >= 0.3 is 0 Å². The van der Waals surface area contributed by atoms with Crippen LogP contribution in [0.2, 0.25) is 0 Å². The largest absolute Gasteiger partial charge is 0.344 e. The molecule has 146 valence electrons. The zero-order valence-corrected chi connectivity index (χ0v) is 16.8. The van der Waals surface area contributed by atoms with Crippen LogP contribution in [0.1, 0.15) is 64.9 Å². The van der Waals surface area contributed by atoms with E-state index in [-0.39, 0.29) is 17.7 Å². The second-order valence-electron chi connectivity index (χ2n) is 9.69. The topological polar surface area (TPSA) is 58.2 Å². The van der Waals surface area contributed by atoms with Crippen molar-refractivity contribution in [3.63, 3.8) is 0 Å². The van der Waals surface area contributed by atoms with Crippen LogP contribution in [0.15, 0.2) is 24.3 Å². The lowest BCUT2D eigenvalue weighted by Gasteiger charge is -2.57. The average Bonchev–Trinajstić information content (AvgIpc) is 2.58. The maximum atomic E-state index is 12.6. The first-order valence-electron chi connectivity index (χ1n) is 10.5. The van der Waals surface area contributed by atoms with E-state index in [9.17, 15) is 9.59 Å². The smallest absolute Gasteiger partial charge is 0.247 e. The summed E-state index contributed by atoms with van der Waals surface area (Å²) in [4.78, 5) is 23.9. The molecule has 1 aromatic rings. The van der Waals surface area contributed by atoms with Crippen molar-refractivity contribution in [2.45, 2.75) is 70.8 Å². The summed E-state index contributed by atoms with van der Waals surface area (Å²) in [7, 11) is 0. The van der Waals surface area contributed by atoms with Crippen LogP contribution >= 0.6 is 0 Å². The van der Waals surface area contributed by atoms with Gasteiger partial charge in [0, 0.05) is 12.6 Å². The van der Waals surface area contributed by atoms with Gasteiger partial charge in [-0.25, -0.2) is 0 Å². The van der Waals surface area contributed by atoms with Crippen molar-refractivity contribution in [1.82, 2.24) is 5.32 Å². The summed E-state index contributed by atoms with van der Waals surface area (Å²) in [5.74, 6) is 2.50. The summed E-state index contributed by atoms with van der Waals surface area (Å²) < 4.78 is 0. The molecule has 4 heteroatoms. The van der Waals surface area contributed by atoms with Crippen LogP contribution in [0.3, 0.4) is 0 Å². The van der Waals surface area contributed by atoms with Crippen molar-refractivity contribution in [3.05, 3.63) is 29.8 Å². The highest BCUT2D eigenvalue weighted by atomic mass is 16.2. The van der Waals surface area contributed by atoms with Gasteiger partial charge in [0.25, 0.3) is 0 Å². The quantitative estimate of drug-likeness (QED) is 0.816. The van der Waals surface area contributed by atoms with Gasteiger partial charge in [-0.15, -0.1) is 0 Å². The Morgan fingerprint density at radius 3 is 1.93 bits per heavy atom. The molecule has 0 aromatic heterocycles. The molecule has 1 aromatic carbocycles. The standard InChI is InChI=1S/C23H32N2O2/c1-14(2)21(24-15(3)26)22(27)25-20-6-4-19(5-7-20)23-11-16-8-17(12-23)10-18(9-16)13-23/h4-7,14,16-18,21H,8-13H2,1-3H3,(H,24,26)(H,25,27). The fourth-order valence-electron chi connectivity index (χ4n) is 6.35. The summed E-state index contributed by atoms with van der Waals surface area (Å²) in [6, 6.07) is 8.02. The van der Waals surface area contributed by atoms with Gasteiger partial charge in [0.15, 0.2) is 0 Å². The molecule has 2 amide bonds. The predicted molar refractivity (Wildman–Crippen MR) is 107 cm³/mol. The number of anilines is 1. The predicted octanol–water partition coefficient (Wildman–Crippen LogP) is 4.25. The van der Waals surface area contributed by atoms with Crippen LogP contribution in [0.25, 0.3) is 0 Å². The molecule has 4 bridgehead atoms. The van der Waals surface area contributed by atoms with Crippen LogP contribution in [-0.2, 0) is 15.0 Å². The van der Waals surface area contributed by atoms with Gasteiger partial charge in [-0.05, 0) is 85.3 Å². The molecule has 0 saturated heterocycles. The Labute approximate surface area is 162 Å². The first-order chi connectivity index (χ1) is 12.8. The first-order valence-corrected chi connectivity index (χ1v) is 10.5. The molecule has 4 saturated carbocycles. The van der Waals surface area contributed by atoms with Crippen molar-refractivity contribution in [1.29, 1.82) is 0 Å². The number of benzene rings is 1. The van der Waals surface area contributed by atoms with Gasteiger partial charge in [-0.2, -0.15) is 0 Å². The maximum Gasteiger partial charge on any atom is 0.247 e. The molecule has 0 spiro atoms. The monoisotopic (exact) mass is 368 g/mol. The highest BCUT2D eigenvalue weighted by Gasteiger charge is 2.51. The van der Waals surface area contributed by atoms with Crippen molar-refractivity contribution in [2.75, 3.05) is 5.32 Å². The van der Waals surface area contributed by atoms with E-state index < -0.39 is 6.04 Å². The van der Waals surface area contributed by atoms with Crippen molar-refractivity contribution < 1.29 is 9.59 Å². The minimum atomic E-state index is -0.509. The summed E-state index contributed by atoms with van der Waals surface area (Å²) >= 11 is 0. The van der Waals surface area contributed by atoms with Crippen molar-refractivity contribution in [2.24, 2.45) is 23.7 Å². The Morgan fingerprint density at radius 2 is 1.48 bits per heavy atom. The zero-order valence-electron chi connectivity index (χ0n) is 16.8. The third kappa shape index (κ3) is 3.63. The van der Waals surface area contributed by atoms with Crippen molar-refractivity contribution >= 4 is 17.5 Å². The van der Waals surface area contributed by atoms with E-state index in [2.05, 4.69) is 22.8 Å². The SMILES string of the molecule is CC(=O)NC(C(=O)Nc1ccc(C23CC4CC(CC(C4)C2)C3)cc1)C(C)C. The third-order valence-electron chi connectivity index (χ3n) is 7.11. The fourth-order valence-corrected chi connectivity index (χ4v) is 6.35. The van der Waals surface area contributed by atoms with E-state index in [1.165, 1.54) is 51.0 Å².